The highest BCUT2D eigenvalue weighted by Crippen LogP contribution is 2.26. The van der Waals surface area contributed by atoms with Crippen molar-refractivity contribution in [3.8, 4) is 5.75 Å². The molecule has 214 valence electrons. The molecule has 38 heavy (non-hydrogen) atoms. The van der Waals surface area contributed by atoms with Crippen molar-refractivity contribution in [3.05, 3.63) is 65.8 Å². The van der Waals surface area contributed by atoms with E-state index in [9.17, 15) is 17.6 Å². The summed E-state index contributed by atoms with van der Waals surface area (Å²) in [4.78, 5) is 16.8. The van der Waals surface area contributed by atoms with Crippen LogP contribution in [0, 0.1) is 11.7 Å². The van der Waals surface area contributed by atoms with Crippen LogP contribution in [-0.2, 0) is 14.6 Å². The van der Waals surface area contributed by atoms with E-state index in [2.05, 4.69) is 32.7 Å². The van der Waals surface area contributed by atoms with E-state index in [4.69, 9.17) is 9.73 Å². The van der Waals surface area contributed by atoms with E-state index in [1.807, 2.05) is 13.8 Å². The number of nitrogens with zero attached hydrogens (tertiary/aromatic N) is 1. The van der Waals surface area contributed by atoms with Crippen LogP contribution in [0.1, 0.15) is 80.1 Å². The molecule has 1 fully saturated rings. The molecule has 1 aromatic carbocycles. The molecule has 2 rings (SSSR count). The Hall–Kier alpha value is -2.74. The molecular formula is C30H47FN2O4S. The lowest BCUT2D eigenvalue weighted by molar-refractivity contribution is -0.115. The summed E-state index contributed by atoms with van der Waals surface area (Å²) in [6, 6.07) is 6.28. The fourth-order valence-corrected chi connectivity index (χ4v) is 2.88. The zero-order valence-electron chi connectivity index (χ0n) is 24.4. The monoisotopic (exact) mass is 550 g/mol. The predicted molar refractivity (Wildman–Crippen MR) is 158 cm³/mol. The quantitative estimate of drug-likeness (QED) is 0.104. The molecule has 6 nitrogen and oxygen atoms in total. The molecule has 0 heterocycles. The number of ketones is 1. The Morgan fingerprint density at radius 1 is 1.16 bits per heavy atom. The highest BCUT2D eigenvalue weighted by molar-refractivity contribution is 7.89. The topological polar surface area (TPSA) is 84.8 Å². The number of aliphatic imine (C=N–C) groups is 1. The van der Waals surface area contributed by atoms with Crippen molar-refractivity contribution in [1.29, 1.82) is 0 Å². The molecule has 0 aromatic heterocycles. The van der Waals surface area contributed by atoms with Crippen LogP contribution in [0.4, 0.5) is 4.39 Å². The van der Waals surface area contributed by atoms with Gasteiger partial charge in [-0.2, -0.15) is 0 Å². The predicted octanol–water partition coefficient (Wildman–Crippen LogP) is 7.19. The lowest BCUT2D eigenvalue weighted by Crippen LogP contribution is -2.18. The molecule has 1 N–H and O–H groups in total. The van der Waals surface area contributed by atoms with Gasteiger partial charge in [0.05, 0.1) is 11.9 Å². The van der Waals surface area contributed by atoms with E-state index >= 15 is 0 Å². The summed E-state index contributed by atoms with van der Waals surface area (Å²) in [5.41, 5.74) is 1.41. The molecular weight excluding hydrogens is 503 g/mol. The molecule has 1 saturated carbocycles. The minimum atomic E-state index is -2.67. The molecule has 0 saturated heterocycles. The fraction of sp³-hybridized carbons (Fsp3) is 0.533. The van der Waals surface area contributed by atoms with Crippen LogP contribution in [0.5, 0.6) is 5.75 Å². The fourth-order valence-electron chi connectivity index (χ4n) is 2.88. The summed E-state index contributed by atoms with van der Waals surface area (Å²) < 4.78 is 38.7. The maximum Gasteiger partial charge on any atom is 0.194 e. The zero-order chi connectivity index (χ0) is 29.3. The average molecular weight is 551 g/mol. The van der Waals surface area contributed by atoms with Gasteiger partial charge < -0.3 is 10.1 Å². The SMILES string of the molecule is C=C(C)C(=C\NC(C)=NC(CCC)CCC)/C=C(/Oc1ccccc1F)C(C)=O.CC1CC1.CS(C)(=O)=O. The highest BCUT2D eigenvalue weighted by atomic mass is 32.2. The van der Waals surface area contributed by atoms with E-state index in [1.165, 1.54) is 31.9 Å². The Labute approximate surface area is 230 Å². The van der Waals surface area contributed by atoms with Gasteiger partial charge in [-0.25, -0.2) is 12.8 Å². The molecule has 1 aliphatic carbocycles. The molecule has 0 bridgehead atoms. The second-order valence-electron chi connectivity index (χ2n) is 9.89. The number of carbonyl (C=O) groups excluding carboxylic acids is 1. The second kappa shape index (κ2) is 18.5. The van der Waals surface area contributed by atoms with Crippen LogP contribution in [0.3, 0.4) is 0 Å². The van der Waals surface area contributed by atoms with Crippen LogP contribution in [0.15, 0.2) is 65.0 Å². The molecule has 0 aliphatic heterocycles. The smallest absolute Gasteiger partial charge is 0.194 e. The minimum absolute atomic E-state index is 0.00249. The summed E-state index contributed by atoms with van der Waals surface area (Å²) in [7, 11) is -2.67. The molecule has 1 aromatic rings. The van der Waals surface area contributed by atoms with Crippen LogP contribution in [0.25, 0.3) is 0 Å². The Morgan fingerprint density at radius 3 is 2.05 bits per heavy atom. The first-order chi connectivity index (χ1) is 17.7. The second-order valence-corrected chi connectivity index (χ2v) is 12.2. The standard InChI is InChI=1S/C24H33FN2O2.C4H8.C2H6O2S/c1-7-11-21(12-8-2)27-19(6)26-16-20(17(3)4)15-24(18(5)28)29-23-14-10-9-13-22(23)25;1-4-2-3-4;1-5(2,3)4/h9-10,13-16,21H,3,7-8,11-12H2,1-2,4-6H3,(H,26,27);4H,2-3H2,1H3;1-2H3/b20-16-,24-15+;;. The molecule has 0 radical (unpaired) electrons. The van der Waals surface area contributed by atoms with Gasteiger partial charge >= 0.3 is 0 Å². The molecule has 0 atom stereocenters. The maximum absolute atomic E-state index is 13.9. The average Bonchev–Trinajstić information content (AvgIpc) is 3.58. The number of Topliss-reactive ketones (excluding diaryl/α,β-unsaturated/α-hetero) is 1. The first-order valence-electron chi connectivity index (χ1n) is 13.1. The Bertz CT molecular complexity index is 1070. The lowest BCUT2D eigenvalue weighted by Gasteiger charge is -2.13. The highest BCUT2D eigenvalue weighted by Gasteiger charge is 2.13. The number of hydrogen-bond acceptors (Lipinski definition) is 5. The van der Waals surface area contributed by atoms with Gasteiger partial charge in [0.15, 0.2) is 23.1 Å². The number of ether oxygens (including phenoxy) is 1. The van der Waals surface area contributed by atoms with Crippen molar-refractivity contribution < 1.29 is 22.3 Å². The minimum Gasteiger partial charge on any atom is -0.451 e. The molecule has 0 spiro atoms. The van der Waals surface area contributed by atoms with E-state index in [-0.39, 0.29) is 17.3 Å². The van der Waals surface area contributed by atoms with Crippen molar-refractivity contribution in [3.63, 3.8) is 0 Å². The Kier molecular flexibility index (Phi) is 17.2. The number of hydrogen-bond donors (Lipinski definition) is 1. The first-order valence-corrected chi connectivity index (χ1v) is 15.4. The summed E-state index contributed by atoms with van der Waals surface area (Å²) in [5, 5.41) is 3.17. The van der Waals surface area contributed by atoms with Gasteiger partial charge in [0.25, 0.3) is 0 Å². The van der Waals surface area contributed by atoms with Gasteiger partial charge in [-0.3, -0.25) is 9.79 Å². The summed E-state index contributed by atoms with van der Waals surface area (Å²) in [6.45, 7) is 15.7. The van der Waals surface area contributed by atoms with E-state index in [0.29, 0.717) is 11.6 Å². The number of benzene rings is 1. The number of allylic oxidation sites excluding steroid dienone is 4. The molecule has 1 aliphatic rings. The lowest BCUT2D eigenvalue weighted by atomic mass is 10.1. The van der Waals surface area contributed by atoms with Gasteiger partial charge in [0, 0.05) is 25.6 Å². The number of halogens is 1. The number of sulfone groups is 1. The summed E-state index contributed by atoms with van der Waals surface area (Å²) >= 11 is 0. The molecule has 0 unspecified atom stereocenters. The van der Waals surface area contributed by atoms with E-state index in [1.54, 1.807) is 24.4 Å². The number of amidine groups is 1. The van der Waals surface area contributed by atoms with Crippen molar-refractivity contribution in [1.82, 2.24) is 5.32 Å². The number of carbonyl (C=O) groups is 1. The van der Waals surface area contributed by atoms with Crippen molar-refractivity contribution >= 4 is 21.5 Å². The number of nitrogens with one attached hydrogen (secondary N) is 1. The Balaban J connectivity index is 0.00000128. The van der Waals surface area contributed by atoms with Crippen LogP contribution >= 0.6 is 0 Å². The van der Waals surface area contributed by atoms with Crippen LogP contribution in [-0.4, -0.2) is 38.6 Å². The van der Waals surface area contributed by atoms with Gasteiger partial charge in [0.2, 0.25) is 0 Å². The zero-order valence-corrected chi connectivity index (χ0v) is 25.3. The van der Waals surface area contributed by atoms with Gasteiger partial charge in [0.1, 0.15) is 9.84 Å². The molecule has 0 amide bonds. The van der Waals surface area contributed by atoms with Crippen LogP contribution < -0.4 is 10.1 Å². The Morgan fingerprint density at radius 2 is 1.66 bits per heavy atom. The summed E-state index contributed by atoms with van der Waals surface area (Å²) in [5.74, 6) is 1.08. The number of rotatable bonds is 11. The molecule has 8 heteroatoms. The van der Waals surface area contributed by atoms with E-state index < -0.39 is 15.7 Å². The third kappa shape index (κ3) is 19.4. The van der Waals surface area contributed by atoms with Gasteiger partial charge in [-0.15, -0.1) is 0 Å². The third-order valence-corrected chi connectivity index (χ3v) is 5.11. The van der Waals surface area contributed by atoms with Gasteiger partial charge in [-0.1, -0.05) is 65.2 Å². The van der Waals surface area contributed by atoms with Crippen molar-refractivity contribution in [2.75, 3.05) is 12.5 Å². The van der Waals surface area contributed by atoms with Crippen LogP contribution in [0.2, 0.25) is 0 Å². The largest absolute Gasteiger partial charge is 0.451 e. The van der Waals surface area contributed by atoms with Crippen molar-refractivity contribution in [2.45, 2.75) is 86.1 Å². The normalized spacial score (nSPS) is 14.1. The van der Waals surface area contributed by atoms with Crippen molar-refractivity contribution in [2.24, 2.45) is 10.9 Å². The first kappa shape index (κ1) is 35.3. The maximum atomic E-state index is 13.9. The van der Waals surface area contributed by atoms with E-state index in [0.717, 1.165) is 55.5 Å². The number of para-hydroxylation sites is 1. The van der Waals surface area contributed by atoms with Gasteiger partial charge in [-0.05, 0) is 62.0 Å². The summed E-state index contributed by atoms with van der Waals surface area (Å²) in [6.07, 6.45) is 12.9. The third-order valence-electron chi connectivity index (χ3n) is 5.11.